The van der Waals surface area contributed by atoms with Crippen LogP contribution in [0.4, 0.5) is 4.39 Å². The van der Waals surface area contributed by atoms with Gasteiger partial charge in [-0.25, -0.2) is 4.39 Å². The fraction of sp³-hybridized carbons (Fsp3) is 0.538. The van der Waals surface area contributed by atoms with E-state index < -0.39 is 0 Å². The Morgan fingerprint density at radius 2 is 1.80 bits per heavy atom. The second-order valence-electron chi connectivity index (χ2n) is 4.99. The van der Waals surface area contributed by atoms with Crippen LogP contribution in [0.25, 0.3) is 0 Å². The second kappa shape index (κ2) is 3.05. The van der Waals surface area contributed by atoms with E-state index in [1.54, 1.807) is 12.1 Å². The predicted molar refractivity (Wildman–Crippen MR) is 58.0 cm³/mol. The summed E-state index contributed by atoms with van der Waals surface area (Å²) >= 11 is 0. The second-order valence-corrected chi connectivity index (χ2v) is 4.99. The van der Waals surface area contributed by atoms with E-state index >= 15 is 0 Å². The minimum absolute atomic E-state index is 0.156. The molecule has 2 saturated carbocycles. The molecule has 0 aliphatic heterocycles. The minimum atomic E-state index is -0.156. The third-order valence-electron chi connectivity index (χ3n) is 4.27. The van der Waals surface area contributed by atoms with Crippen LogP contribution in [0.1, 0.15) is 31.2 Å². The minimum Gasteiger partial charge on any atom is -0.327 e. The maximum Gasteiger partial charge on any atom is 0.123 e. The van der Waals surface area contributed by atoms with E-state index in [1.807, 2.05) is 12.1 Å². The molecule has 2 fully saturated rings. The van der Waals surface area contributed by atoms with Crippen LogP contribution in [0.2, 0.25) is 0 Å². The van der Waals surface area contributed by atoms with E-state index in [9.17, 15) is 4.39 Å². The summed E-state index contributed by atoms with van der Waals surface area (Å²) in [5.41, 5.74) is 7.54. The number of rotatable bonds is 2. The Bertz CT molecular complexity index is 369. The molecule has 80 valence electrons. The summed E-state index contributed by atoms with van der Waals surface area (Å²) in [5.74, 6) is 0.592. The molecular weight excluding hydrogens is 189 g/mol. The average Bonchev–Trinajstić information content (AvgIpc) is 2.76. The summed E-state index contributed by atoms with van der Waals surface area (Å²) in [6, 6.07) is 7.25. The van der Waals surface area contributed by atoms with Crippen molar-refractivity contribution in [2.24, 2.45) is 11.7 Å². The molecule has 0 bridgehead atoms. The summed E-state index contributed by atoms with van der Waals surface area (Å²) in [4.78, 5) is 0. The predicted octanol–water partition coefficient (Wildman–Crippen LogP) is 2.59. The van der Waals surface area contributed by atoms with Crippen molar-refractivity contribution in [2.45, 2.75) is 37.1 Å². The molecule has 1 aromatic carbocycles. The lowest BCUT2D eigenvalue weighted by molar-refractivity contribution is 0.240. The van der Waals surface area contributed by atoms with Crippen LogP contribution in [0.3, 0.4) is 0 Å². The SMILES string of the molecule is N[C@@H]1CC1(c1ccc(F)cc1)C1CCC1. The van der Waals surface area contributed by atoms with Gasteiger partial charge in [-0.15, -0.1) is 0 Å². The largest absolute Gasteiger partial charge is 0.327 e. The van der Waals surface area contributed by atoms with Crippen LogP contribution >= 0.6 is 0 Å². The highest BCUT2D eigenvalue weighted by Gasteiger charge is 2.59. The lowest BCUT2D eigenvalue weighted by Crippen LogP contribution is -2.32. The van der Waals surface area contributed by atoms with Gasteiger partial charge in [0.25, 0.3) is 0 Å². The van der Waals surface area contributed by atoms with Gasteiger partial charge in [-0.1, -0.05) is 18.6 Å². The average molecular weight is 205 g/mol. The van der Waals surface area contributed by atoms with Crippen molar-refractivity contribution in [1.29, 1.82) is 0 Å². The van der Waals surface area contributed by atoms with Crippen LogP contribution in [-0.4, -0.2) is 6.04 Å². The Morgan fingerprint density at radius 3 is 2.20 bits per heavy atom. The third-order valence-corrected chi connectivity index (χ3v) is 4.27. The molecule has 1 nitrogen and oxygen atoms in total. The topological polar surface area (TPSA) is 26.0 Å². The normalized spacial score (nSPS) is 34.9. The number of benzene rings is 1. The van der Waals surface area contributed by atoms with Crippen molar-refractivity contribution in [1.82, 2.24) is 0 Å². The molecule has 3 rings (SSSR count). The monoisotopic (exact) mass is 205 g/mol. The van der Waals surface area contributed by atoms with E-state index in [4.69, 9.17) is 5.73 Å². The van der Waals surface area contributed by atoms with Gasteiger partial charge in [0, 0.05) is 11.5 Å². The fourth-order valence-corrected chi connectivity index (χ4v) is 3.03. The Morgan fingerprint density at radius 1 is 1.20 bits per heavy atom. The smallest absolute Gasteiger partial charge is 0.123 e. The summed E-state index contributed by atoms with van der Waals surface area (Å²) < 4.78 is 12.9. The molecule has 0 radical (unpaired) electrons. The maximum atomic E-state index is 12.9. The van der Waals surface area contributed by atoms with Crippen molar-refractivity contribution >= 4 is 0 Å². The Balaban J connectivity index is 1.93. The number of nitrogens with two attached hydrogens (primary N) is 1. The number of hydrogen-bond acceptors (Lipinski definition) is 1. The molecule has 1 unspecified atom stereocenters. The number of halogens is 1. The van der Waals surface area contributed by atoms with Gasteiger partial charge >= 0.3 is 0 Å². The Kier molecular flexibility index (Phi) is 1.90. The van der Waals surface area contributed by atoms with E-state index in [2.05, 4.69) is 0 Å². The van der Waals surface area contributed by atoms with Gasteiger partial charge in [0.2, 0.25) is 0 Å². The van der Waals surface area contributed by atoms with Gasteiger partial charge in [-0.2, -0.15) is 0 Å². The first-order valence-electron chi connectivity index (χ1n) is 5.75. The van der Waals surface area contributed by atoms with Crippen LogP contribution in [0.15, 0.2) is 24.3 Å². The summed E-state index contributed by atoms with van der Waals surface area (Å²) in [6.45, 7) is 0. The lowest BCUT2D eigenvalue weighted by Gasteiger charge is -2.35. The number of hydrogen-bond donors (Lipinski definition) is 1. The van der Waals surface area contributed by atoms with Gasteiger partial charge in [-0.05, 0) is 42.9 Å². The van der Waals surface area contributed by atoms with E-state index in [0.717, 1.165) is 12.3 Å². The molecule has 2 N–H and O–H groups in total. The maximum absolute atomic E-state index is 12.9. The van der Waals surface area contributed by atoms with E-state index in [0.29, 0.717) is 6.04 Å². The molecule has 2 aliphatic rings. The molecule has 15 heavy (non-hydrogen) atoms. The van der Waals surface area contributed by atoms with Crippen molar-refractivity contribution in [3.05, 3.63) is 35.6 Å². The highest BCUT2D eigenvalue weighted by molar-refractivity contribution is 5.38. The van der Waals surface area contributed by atoms with Crippen molar-refractivity contribution < 1.29 is 4.39 Å². The Labute approximate surface area is 89.5 Å². The summed E-state index contributed by atoms with van der Waals surface area (Å²) in [5, 5.41) is 0. The van der Waals surface area contributed by atoms with E-state index in [1.165, 1.54) is 24.8 Å². The van der Waals surface area contributed by atoms with Crippen LogP contribution in [-0.2, 0) is 5.41 Å². The van der Waals surface area contributed by atoms with Crippen molar-refractivity contribution in [3.8, 4) is 0 Å². The highest BCUT2D eigenvalue weighted by Crippen LogP contribution is 2.58. The summed E-state index contributed by atoms with van der Waals surface area (Å²) in [6.07, 6.45) is 5.01. The van der Waals surface area contributed by atoms with Crippen LogP contribution in [0.5, 0.6) is 0 Å². The van der Waals surface area contributed by atoms with Gasteiger partial charge in [0.15, 0.2) is 0 Å². The standard InChI is InChI=1S/C13H16FN/c14-11-6-4-10(5-7-11)13(8-12(13)15)9-2-1-3-9/h4-7,9,12H,1-3,8,15H2/t12-,13?/m1/s1. The Hall–Kier alpha value is -0.890. The van der Waals surface area contributed by atoms with Crippen molar-refractivity contribution in [2.75, 3.05) is 0 Å². The first kappa shape index (κ1) is 9.34. The first-order valence-corrected chi connectivity index (χ1v) is 5.75. The van der Waals surface area contributed by atoms with Crippen molar-refractivity contribution in [3.63, 3.8) is 0 Å². The zero-order valence-electron chi connectivity index (χ0n) is 8.75. The molecule has 2 heteroatoms. The van der Waals surface area contributed by atoms with Gasteiger partial charge in [0.1, 0.15) is 5.82 Å². The highest BCUT2D eigenvalue weighted by atomic mass is 19.1. The molecule has 1 aromatic rings. The summed E-state index contributed by atoms with van der Waals surface area (Å²) in [7, 11) is 0. The molecule has 0 heterocycles. The molecule has 0 aromatic heterocycles. The van der Waals surface area contributed by atoms with Gasteiger partial charge < -0.3 is 5.73 Å². The van der Waals surface area contributed by atoms with Gasteiger partial charge in [-0.3, -0.25) is 0 Å². The zero-order valence-corrected chi connectivity index (χ0v) is 8.75. The quantitative estimate of drug-likeness (QED) is 0.789. The molecule has 0 spiro atoms. The molecule has 2 atom stereocenters. The first-order chi connectivity index (χ1) is 7.23. The molecule has 0 saturated heterocycles. The van der Waals surface area contributed by atoms with E-state index in [-0.39, 0.29) is 11.2 Å². The zero-order chi connectivity index (χ0) is 10.5. The molecular formula is C13H16FN. The van der Waals surface area contributed by atoms with Crippen LogP contribution < -0.4 is 5.73 Å². The fourth-order valence-electron chi connectivity index (χ4n) is 3.03. The molecule has 2 aliphatic carbocycles. The van der Waals surface area contributed by atoms with Crippen LogP contribution in [0, 0.1) is 11.7 Å². The third kappa shape index (κ3) is 1.24. The lowest BCUT2D eigenvalue weighted by atomic mass is 9.70. The molecule has 0 amide bonds. The van der Waals surface area contributed by atoms with Gasteiger partial charge in [0.05, 0.1) is 0 Å².